The van der Waals surface area contributed by atoms with Crippen molar-refractivity contribution < 1.29 is 14.2 Å². The molecule has 0 atom stereocenters. The first-order valence-corrected chi connectivity index (χ1v) is 9.75. The number of benzene rings is 2. The Kier molecular flexibility index (Phi) is 4.88. The fourth-order valence-corrected chi connectivity index (χ4v) is 3.46. The summed E-state index contributed by atoms with van der Waals surface area (Å²) in [5.41, 5.74) is 3.04. The smallest absolute Gasteiger partial charge is 0.231 e. The van der Waals surface area contributed by atoms with Crippen LogP contribution in [0.2, 0.25) is 0 Å². The second kappa shape index (κ2) is 7.97. The SMILES string of the molecule is c1ccc(-c2cc(N3CCOCC3)nc(NCc3ccc4c(c3)OCO4)n2)cc1. The molecule has 0 aliphatic carbocycles. The number of hydrogen-bond acceptors (Lipinski definition) is 7. The van der Waals surface area contributed by atoms with E-state index in [1.165, 1.54) is 0 Å². The number of aromatic nitrogens is 2. The molecule has 148 valence electrons. The molecule has 0 amide bonds. The highest BCUT2D eigenvalue weighted by atomic mass is 16.7. The Balaban J connectivity index is 1.41. The first-order valence-electron chi connectivity index (χ1n) is 9.75. The van der Waals surface area contributed by atoms with E-state index in [4.69, 9.17) is 24.2 Å². The summed E-state index contributed by atoms with van der Waals surface area (Å²) < 4.78 is 16.3. The summed E-state index contributed by atoms with van der Waals surface area (Å²) in [5.74, 6) is 3.07. The molecule has 1 N–H and O–H groups in total. The molecule has 2 aromatic carbocycles. The van der Waals surface area contributed by atoms with Crippen molar-refractivity contribution in [1.82, 2.24) is 9.97 Å². The van der Waals surface area contributed by atoms with E-state index in [1.54, 1.807) is 0 Å². The zero-order valence-corrected chi connectivity index (χ0v) is 16.0. The molecule has 5 rings (SSSR count). The highest BCUT2D eigenvalue weighted by molar-refractivity contribution is 5.65. The number of nitrogens with zero attached hydrogens (tertiary/aromatic N) is 3. The standard InChI is InChI=1S/C22H22N4O3/c1-2-4-17(5-3-1)18-13-21(26-8-10-27-11-9-26)25-22(24-18)23-14-16-6-7-19-20(12-16)29-15-28-19/h1-7,12-13H,8-11,14-15H2,(H,23,24,25). The van der Waals surface area contributed by atoms with Crippen molar-refractivity contribution >= 4 is 11.8 Å². The summed E-state index contributed by atoms with van der Waals surface area (Å²) in [6.45, 7) is 3.95. The van der Waals surface area contributed by atoms with Crippen molar-refractivity contribution in [1.29, 1.82) is 0 Å². The third kappa shape index (κ3) is 3.95. The molecule has 0 radical (unpaired) electrons. The van der Waals surface area contributed by atoms with Gasteiger partial charge in [0.2, 0.25) is 12.7 Å². The second-order valence-electron chi connectivity index (χ2n) is 6.94. The van der Waals surface area contributed by atoms with Crippen LogP contribution in [0.3, 0.4) is 0 Å². The van der Waals surface area contributed by atoms with E-state index in [2.05, 4.69) is 22.3 Å². The van der Waals surface area contributed by atoms with Crippen LogP contribution in [0.5, 0.6) is 11.5 Å². The minimum Gasteiger partial charge on any atom is -0.454 e. The van der Waals surface area contributed by atoms with Crippen LogP contribution in [0.15, 0.2) is 54.6 Å². The Morgan fingerprint density at radius 1 is 0.897 bits per heavy atom. The van der Waals surface area contributed by atoms with Crippen LogP contribution in [-0.2, 0) is 11.3 Å². The van der Waals surface area contributed by atoms with E-state index in [0.717, 1.165) is 47.2 Å². The van der Waals surface area contributed by atoms with E-state index < -0.39 is 0 Å². The number of rotatable bonds is 5. The number of anilines is 2. The largest absolute Gasteiger partial charge is 0.454 e. The fourth-order valence-electron chi connectivity index (χ4n) is 3.46. The topological polar surface area (TPSA) is 68.7 Å². The average molecular weight is 390 g/mol. The zero-order chi connectivity index (χ0) is 19.5. The lowest BCUT2D eigenvalue weighted by molar-refractivity contribution is 0.122. The maximum absolute atomic E-state index is 5.49. The molecular weight excluding hydrogens is 368 g/mol. The lowest BCUT2D eigenvalue weighted by Gasteiger charge is -2.28. The van der Waals surface area contributed by atoms with Gasteiger partial charge in [-0.25, -0.2) is 4.98 Å². The van der Waals surface area contributed by atoms with Crippen LogP contribution < -0.4 is 19.7 Å². The van der Waals surface area contributed by atoms with Crippen LogP contribution in [-0.4, -0.2) is 43.1 Å². The zero-order valence-electron chi connectivity index (χ0n) is 16.0. The summed E-state index contributed by atoms with van der Waals surface area (Å²) in [7, 11) is 0. The molecule has 1 aromatic heterocycles. The van der Waals surface area contributed by atoms with Crippen molar-refractivity contribution in [3.05, 3.63) is 60.2 Å². The summed E-state index contributed by atoms with van der Waals surface area (Å²) in [6.07, 6.45) is 0. The van der Waals surface area contributed by atoms with Gasteiger partial charge in [-0.3, -0.25) is 0 Å². The molecular formula is C22H22N4O3. The van der Waals surface area contributed by atoms with Gasteiger partial charge in [0.25, 0.3) is 0 Å². The van der Waals surface area contributed by atoms with Gasteiger partial charge in [-0.05, 0) is 17.7 Å². The average Bonchev–Trinajstić information content (AvgIpc) is 3.27. The molecule has 7 heteroatoms. The van der Waals surface area contributed by atoms with Crippen LogP contribution in [0.1, 0.15) is 5.56 Å². The Hall–Kier alpha value is -3.32. The van der Waals surface area contributed by atoms with E-state index >= 15 is 0 Å². The maximum Gasteiger partial charge on any atom is 0.231 e. The van der Waals surface area contributed by atoms with Gasteiger partial charge in [-0.15, -0.1) is 0 Å². The minimum atomic E-state index is 0.275. The van der Waals surface area contributed by atoms with Crippen molar-refractivity contribution in [2.75, 3.05) is 43.3 Å². The monoisotopic (exact) mass is 390 g/mol. The van der Waals surface area contributed by atoms with E-state index in [1.807, 2.05) is 42.5 Å². The van der Waals surface area contributed by atoms with Crippen molar-refractivity contribution in [2.24, 2.45) is 0 Å². The fraction of sp³-hybridized carbons (Fsp3) is 0.273. The summed E-state index contributed by atoms with van der Waals surface area (Å²) >= 11 is 0. The van der Waals surface area contributed by atoms with Gasteiger partial charge in [-0.2, -0.15) is 4.98 Å². The minimum absolute atomic E-state index is 0.275. The molecule has 1 saturated heterocycles. The lowest BCUT2D eigenvalue weighted by Crippen LogP contribution is -2.36. The van der Waals surface area contributed by atoms with E-state index in [0.29, 0.717) is 25.7 Å². The molecule has 2 aliphatic heterocycles. The number of fused-ring (bicyclic) bond motifs is 1. The third-order valence-electron chi connectivity index (χ3n) is 5.00. The Labute approximate surface area is 169 Å². The molecule has 29 heavy (non-hydrogen) atoms. The van der Waals surface area contributed by atoms with Gasteiger partial charge < -0.3 is 24.4 Å². The summed E-state index contributed by atoms with van der Waals surface area (Å²) in [4.78, 5) is 11.8. The Bertz CT molecular complexity index is 991. The molecule has 2 aliphatic rings. The molecule has 0 spiro atoms. The number of nitrogens with one attached hydrogen (secondary N) is 1. The van der Waals surface area contributed by atoms with Gasteiger partial charge in [0.15, 0.2) is 11.5 Å². The van der Waals surface area contributed by atoms with Crippen LogP contribution >= 0.6 is 0 Å². The molecule has 3 heterocycles. The van der Waals surface area contributed by atoms with Crippen molar-refractivity contribution in [2.45, 2.75) is 6.54 Å². The number of morpholine rings is 1. The van der Waals surface area contributed by atoms with Crippen LogP contribution in [0.25, 0.3) is 11.3 Å². The lowest BCUT2D eigenvalue weighted by atomic mass is 10.1. The molecule has 0 unspecified atom stereocenters. The van der Waals surface area contributed by atoms with Crippen molar-refractivity contribution in [3.63, 3.8) is 0 Å². The highest BCUT2D eigenvalue weighted by Gasteiger charge is 2.16. The maximum atomic E-state index is 5.49. The predicted octanol–water partition coefficient (Wildman–Crippen LogP) is 3.32. The van der Waals surface area contributed by atoms with E-state index in [9.17, 15) is 0 Å². The molecule has 7 nitrogen and oxygen atoms in total. The molecule has 0 saturated carbocycles. The van der Waals surface area contributed by atoms with Gasteiger partial charge in [0.1, 0.15) is 5.82 Å². The first-order chi connectivity index (χ1) is 14.3. The van der Waals surface area contributed by atoms with Gasteiger partial charge in [-0.1, -0.05) is 36.4 Å². The van der Waals surface area contributed by atoms with Gasteiger partial charge in [0.05, 0.1) is 18.9 Å². The quantitative estimate of drug-likeness (QED) is 0.717. The summed E-state index contributed by atoms with van der Waals surface area (Å²) in [5, 5.41) is 3.37. The molecule has 3 aromatic rings. The predicted molar refractivity (Wildman–Crippen MR) is 110 cm³/mol. The molecule has 1 fully saturated rings. The van der Waals surface area contributed by atoms with E-state index in [-0.39, 0.29) is 6.79 Å². The number of ether oxygens (including phenoxy) is 3. The summed E-state index contributed by atoms with van der Waals surface area (Å²) in [6, 6.07) is 18.2. The second-order valence-corrected chi connectivity index (χ2v) is 6.94. The Morgan fingerprint density at radius 3 is 2.59 bits per heavy atom. The first kappa shape index (κ1) is 17.8. The van der Waals surface area contributed by atoms with Crippen LogP contribution in [0.4, 0.5) is 11.8 Å². The normalized spacial score (nSPS) is 15.4. The van der Waals surface area contributed by atoms with Gasteiger partial charge >= 0.3 is 0 Å². The molecule has 0 bridgehead atoms. The van der Waals surface area contributed by atoms with Crippen LogP contribution in [0, 0.1) is 0 Å². The highest BCUT2D eigenvalue weighted by Crippen LogP contribution is 2.32. The Morgan fingerprint density at radius 2 is 1.72 bits per heavy atom. The van der Waals surface area contributed by atoms with Gasteiger partial charge in [0, 0.05) is 31.3 Å². The number of hydrogen-bond donors (Lipinski definition) is 1. The third-order valence-corrected chi connectivity index (χ3v) is 5.00. The van der Waals surface area contributed by atoms with Crippen molar-refractivity contribution in [3.8, 4) is 22.8 Å².